The van der Waals surface area contributed by atoms with Crippen molar-refractivity contribution in [2.24, 2.45) is 10.9 Å². The molecule has 0 unspecified atom stereocenters. The van der Waals surface area contributed by atoms with E-state index in [0.29, 0.717) is 31.6 Å². The first kappa shape index (κ1) is 15.7. The molecule has 0 fully saturated rings. The van der Waals surface area contributed by atoms with Gasteiger partial charge < -0.3 is 21.0 Å². The molecule has 20 heavy (non-hydrogen) atoms. The number of hydrogen-bond acceptors (Lipinski definition) is 4. The molecule has 6 nitrogen and oxygen atoms in total. The summed E-state index contributed by atoms with van der Waals surface area (Å²) in [6.07, 6.45) is 1.77. The number of halogens is 1. The Kier molecular flexibility index (Phi) is 6.28. The Hall–Kier alpha value is -2.31. The quantitative estimate of drug-likeness (QED) is 0.232. The summed E-state index contributed by atoms with van der Waals surface area (Å²) in [5.41, 5.74) is 5.28. The fraction of sp³-hybridized carbons (Fsp3) is 0.385. The number of amidine groups is 1. The zero-order valence-electron chi connectivity index (χ0n) is 11.2. The average molecular weight is 283 g/mol. The Balaban J connectivity index is 2.40. The Morgan fingerprint density at radius 3 is 2.85 bits per heavy atom. The molecule has 0 atom stereocenters. The van der Waals surface area contributed by atoms with Crippen LogP contribution >= 0.6 is 0 Å². The molecule has 7 heteroatoms. The minimum atomic E-state index is -0.626. The summed E-state index contributed by atoms with van der Waals surface area (Å²) in [4.78, 5) is 11.7. The van der Waals surface area contributed by atoms with Gasteiger partial charge in [0.25, 0.3) is 5.91 Å². The van der Waals surface area contributed by atoms with E-state index in [-0.39, 0.29) is 11.4 Å². The Labute approximate surface area is 116 Å². The van der Waals surface area contributed by atoms with E-state index in [1.54, 1.807) is 0 Å². The topological polar surface area (TPSA) is 96.9 Å². The van der Waals surface area contributed by atoms with Gasteiger partial charge in [0.15, 0.2) is 0 Å². The van der Waals surface area contributed by atoms with E-state index in [4.69, 9.17) is 15.7 Å². The molecule has 110 valence electrons. The summed E-state index contributed by atoms with van der Waals surface area (Å²) in [5.74, 6) is -0.595. The van der Waals surface area contributed by atoms with Gasteiger partial charge in [0, 0.05) is 19.0 Å². The average Bonchev–Trinajstić information content (AvgIpc) is 2.46. The fourth-order valence-corrected chi connectivity index (χ4v) is 1.59. The number of nitrogens with one attached hydrogen (secondary N) is 1. The minimum Gasteiger partial charge on any atom is -0.497 e. The van der Waals surface area contributed by atoms with Gasteiger partial charge in [0.05, 0.1) is 12.7 Å². The van der Waals surface area contributed by atoms with Gasteiger partial charge in [-0.2, -0.15) is 0 Å². The van der Waals surface area contributed by atoms with E-state index in [1.165, 1.54) is 19.2 Å². The van der Waals surface area contributed by atoms with Crippen molar-refractivity contribution >= 4 is 11.7 Å². The van der Waals surface area contributed by atoms with Crippen LogP contribution in [0.4, 0.5) is 4.39 Å². The highest BCUT2D eigenvalue weighted by Gasteiger charge is 2.11. The van der Waals surface area contributed by atoms with Crippen molar-refractivity contribution in [3.63, 3.8) is 0 Å². The maximum Gasteiger partial charge on any atom is 0.254 e. The van der Waals surface area contributed by atoms with E-state index in [2.05, 4.69) is 10.5 Å². The number of methoxy groups -OCH3 is 1. The number of amides is 1. The molecule has 4 N–H and O–H groups in total. The fourth-order valence-electron chi connectivity index (χ4n) is 1.59. The number of nitrogens with two attached hydrogens (primary N) is 1. The Bertz CT molecular complexity index is 492. The second-order valence-electron chi connectivity index (χ2n) is 4.15. The van der Waals surface area contributed by atoms with Crippen LogP contribution in [-0.4, -0.2) is 30.6 Å². The summed E-state index contributed by atoms with van der Waals surface area (Å²) in [7, 11) is 1.43. The van der Waals surface area contributed by atoms with Crippen LogP contribution < -0.4 is 15.8 Å². The Morgan fingerprint density at radius 1 is 1.50 bits per heavy atom. The lowest BCUT2D eigenvalue weighted by molar-refractivity contribution is 0.0949. The van der Waals surface area contributed by atoms with Gasteiger partial charge >= 0.3 is 0 Å². The number of unbranched alkanes of at least 4 members (excludes halogenated alkanes) is 1. The van der Waals surface area contributed by atoms with E-state index < -0.39 is 11.7 Å². The van der Waals surface area contributed by atoms with Crippen molar-refractivity contribution in [3.05, 3.63) is 29.6 Å². The van der Waals surface area contributed by atoms with E-state index in [9.17, 15) is 9.18 Å². The smallest absolute Gasteiger partial charge is 0.254 e. The van der Waals surface area contributed by atoms with Gasteiger partial charge in [-0.25, -0.2) is 4.39 Å². The van der Waals surface area contributed by atoms with Gasteiger partial charge in [0.2, 0.25) is 0 Å². The van der Waals surface area contributed by atoms with E-state index in [0.717, 1.165) is 6.07 Å². The molecule has 0 saturated heterocycles. The number of hydrogen-bond donors (Lipinski definition) is 3. The second kappa shape index (κ2) is 7.98. The molecule has 0 aliphatic carbocycles. The van der Waals surface area contributed by atoms with Crippen LogP contribution in [0.1, 0.15) is 29.6 Å². The van der Waals surface area contributed by atoms with Crippen molar-refractivity contribution in [1.29, 1.82) is 0 Å². The lowest BCUT2D eigenvalue weighted by atomic mass is 10.2. The van der Waals surface area contributed by atoms with Gasteiger partial charge in [-0.3, -0.25) is 4.79 Å². The highest BCUT2D eigenvalue weighted by molar-refractivity contribution is 5.94. The highest BCUT2D eigenvalue weighted by Crippen LogP contribution is 2.16. The van der Waals surface area contributed by atoms with Crippen molar-refractivity contribution in [2.45, 2.75) is 19.3 Å². The molecule has 0 saturated carbocycles. The molecule has 0 heterocycles. The van der Waals surface area contributed by atoms with Crippen LogP contribution in [0.5, 0.6) is 5.75 Å². The van der Waals surface area contributed by atoms with Crippen LogP contribution in [-0.2, 0) is 0 Å². The molecular weight excluding hydrogens is 265 g/mol. The lowest BCUT2D eigenvalue weighted by Gasteiger charge is -2.07. The summed E-state index contributed by atoms with van der Waals surface area (Å²) in [6, 6.07) is 4.06. The van der Waals surface area contributed by atoms with Crippen molar-refractivity contribution in [2.75, 3.05) is 13.7 Å². The van der Waals surface area contributed by atoms with Crippen molar-refractivity contribution in [1.82, 2.24) is 5.32 Å². The van der Waals surface area contributed by atoms with Gasteiger partial charge in [-0.05, 0) is 25.0 Å². The molecule has 1 rings (SSSR count). The van der Waals surface area contributed by atoms with Gasteiger partial charge in [-0.15, -0.1) is 0 Å². The van der Waals surface area contributed by atoms with Gasteiger partial charge in [0.1, 0.15) is 17.4 Å². The first-order valence-corrected chi connectivity index (χ1v) is 6.16. The molecule has 0 aliphatic heterocycles. The third kappa shape index (κ3) is 4.75. The molecule has 0 aromatic heterocycles. The summed E-state index contributed by atoms with van der Waals surface area (Å²) in [5, 5.41) is 13.8. The molecule has 0 bridgehead atoms. The SMILES string of the molecule is COc1ccc(C(=O)NCCCC/C(N)=N/O)c(F)c1. The number of ether oxygens (including phenoxy) is 1. The van der Waals surface area contributed by atoms with Crippen LogP contribution in [0.2, 0.25) is 0 Å². The first-order valence-electron chi connectivity index (χ1n) is 6.16. The summed E-state index contributed by atoms with van der Waals surface area (Å²) in [6.45, 7) is 0.392. The maximum absolute atomic E-state index is 13.6. The monoisotopic (exact) mass is 283 g/mol. The number of carbonyl (C=O) groups is 1. The predicted octanol–water partition coefficient (Wildman–Crippen LogP) is 1.48. The largest absolute Gasteiger partial charge is 0.497 e. The van der Waals surface area contributed by atoms with Crippen LogP contribution in [0, 0.1) is 5.82 Å². The first-order chi connectivity index (χ1) is 9.58. The van der Waals surface area contributed by atoms with Crippen LogP contribution in [0.3, 0.4) is 0 Å². The molecule has 0 spiro atoms. The third-order valence-electron chi connectivity index (χ3n) is 2.69. The molecule has 1 aromatic carbocycles. The second-order valence-corrected chi connectivity index (χ2v) is 4.15. The lowest BCUT2D eigenvalue weighted by Crippen LogP contribution is -2.25. The molecule has 0 radical (unpaired) electrons. The zero-order valence-corrected chi connectivity index (χ0v) is 11.2. The maximum atomic E-state index is 13.6. The molecular formula is C13H18FN3O3. The molecule has 0 aliphatic rings. The highest BCUT2D eigenvalue weighted by atomic mass is 19.1. The predicted molar refractivity (Wildman–Crippen MR) is 72.5 cm³/mol. The van der Waals surface area contributed by atoms with Crippen LogP contribution in [0.25, 0.3) is 0 Å². The number of carbonyl (C=O) groups excluding carboxylic acids is 1. The number of oxime groups is 1. The summed E-state index contributed by atoms with van der Waals surface area (Å²) >= 11 is 0. The third-order valence-corrected chi connectivity index (χ3v) is 2.69. The molecule has 1 amide bonds. The van der Waals surface area contributed by atoms with Crippen molar-refractivity contribution in [3.8, 4) is 5.75 Å². The number of nitrogens with zero attached hydrogens (tertiary/aromatic N) is 1. The van der Waals surface area contributed by atoms with Gasteiger partial charge in [-0.1, -0.05) is 5.16 Å². The normalized spacial score (nSPS) is 11.2. The summed E-state index contributed by atoms with van der Waals surface area (Å²) < 4.78 is 18.5. The standard InChI is InChI=1S/C13H18FN3O3/c1-20-9-5-6-10(11(14)8-9)13(18)16-7-3-2-4-12(15)17-19/h5-6,8,19H,2-4,7H2,1H3,(H2,15,17)(H,16,18). The van der Waals surface area contributed by atoms with Crippen molar-refractivity contribution < 1.29 is 19.1 Å². The minimum absolute atomic E-state index is 0.0257. The number of benzene rings is 1. The van der Waals surface area contributed by atoms with E-state index in [1.807, 2.05) is 0 Å². The van der Waals surface area contributed by atoms with E-state index >= 15 is 0 Å². The Morgan fingerprint density at radius 2 is 2.25 bits per heavy atom. The zero-order chi connectivity index (χ0) is 15.0. The number of rotatable bonds is 7. The molecule has 1 aromatic rings. The van der Waals surface area contributed by atoms with Crippen LogP contribution in [0.15, 0.2) is 23.4 Å².